The lowest BCUT2D eigenvalue weighted by Gasteiger charge is -2.23. The summed E-state index contributed by atoms with van der Waals surface area (Å²) in [5.41, 5.74) is 3.17. The maximum atomic E-state index is 12.6. The number of carbonyl (C=O) groups excluding carboxylic acids is 2. The Morgan fingerprint density at radius 1 is 1.07 bits per heavy atom. The van der Waals surface area contributed by atoms with Gasteiger partial charge < -0.3 is 19.4 Å². The molecule has 1 N–H and O–H groups in total. The lowest BCUT2D eigenvalue weighted by atomic mass is 10.1. The Bertz CT molecular complexity index is 1210. The van der Waals surface area contributed by atoms with E-state index in [0.717, 1.165) is 16.6 Å². The van der Waals surface area contributed by atoms with Gasteiger partial charge in [-0.1, -0.05) is 6.08 Å². The monoisotopic (exact) mass is 402 g/mol. The standard InChI is InChI=1S/C22H18N4O4/c1-29-21(27)16-7-3-4-11-26(19(16)22(28)30-2)15-8-9-17-18(12-15)25-20(24-17)14-6-5-10-23-13-14/h3-13H,1-2H3,(H,24,25). The number of benzene rings is 1. The maximum Gasteiger partial charge on any atom is 0.355 e. The van der Waals surface area contributed by atoms with E-state index in [0.29, 0.717) is 11.5 Å². The number of esters is 2. The molecule has 8 heteroatoms. The molecule has 0 atom stereocenters. The van der Waals surface area contributed by atoms with Crippen molar-refractivity contribution in [3.8, 4) is 11.4 Å². The average molecular weight is 402 g/mol. The first-order chi connectivity index (χ1) is 14.6. The quantitative estimate of drug-likeness (QED) is 0.670. The molecule has 30 heavy (non-hydrogen) atoms. The van der Waals surface area contributed by atoms with Crippen LogP contribution in [0.15, 0.2) is 78.4 Å². The van der Waals surface area contributed by atoms with Gasteiger partial charge in [0.2, 0.25) is 0 Å². The van der Waals surface area contributed by atoms with Crippen molar-refractivity contribution in [3.63, 3.8) is 0 Å². The van der Waals surface area contributed by atoms with Gasteiger partial charge in [0.15, 0.2) is 0 Å². The summed E-state index contributed by atoms with van der Waals surface area (Å²) in [6.45, 7) is 0. The fourth-order valence-corrected chi connectivity index (χ4v) is 3.15. The van der Waals surface area contributed by atoms with Crippen LogP contribution in [0.4, 0.5) is 5.69 Å². The molecule has 0 bridgehead atoms. The SMILES string of the molecule is COC(=O)C1=C(C(=O)OC)N(c2ccc3nc(-c4cccnc4)[nH]c3c2)C=CC=C1. The Hall–Kier alpha value is -4.20. The molecule has 2 aromatic heterocycles. The third kappa shape index (κ3) is 3.46. The summed E-state index contributed by atoms with van der Waals surface area (Å²) >= 11 is 0. The Morgan fingerprint density at radius 3 is 2.63 bits per heavy atom. The number of pyridine rings is 1. The zero-order valence-electron chi connectivity index (χ0n) is 16.3. The number of anilines is 1. The van der Waals surface area contributed by atoms with Gasteiger partial charge in [-0.05, 0) is 42.5 Å². The first-order valence-electron chi connectivity index (χ1n) is 9.07. The zero-order chi connectivity index (χ0) is 21.1. The largest absolute Gasteiger partial charge is 0.465 e. The van der Waals surface area contributed by atoms with E-state index in [9.17, 15) is 9.59 Å². The summed E-state index contributed by atoms with van der Waals surface area (Å²) in [6, 6.07) is 9.24. The highest BCUT2D eigenvalue weighted by molar-refractivity contribution is 6.05. The van der Waals surface area contributed by atoms with Gasteiger partial charge in [-0.2, -0.15) is 0 Å². The molecule has 3 aromatic rings. The maximum absolute atomic E-state index is 12.6. The Kier molecular flexibility index (Phi) is 5.13. The summed E-state index contributed by atoms with van der Waals surface area (Å²) < 4.78 is 9.77. The Labute approximate surface area is 172 Å². The van der Waals surface area contributed by atoms with Crippen LogP contribution in [-0.2, 0) is 19.1 Å². The van der Waals surface area contributed by atoms with E-state index in [1.165, 1.54) is 20.3 Å². The van der Waals surface area contributed by atoms with Gasteiger partial charge in [-0.3, -0.25) is 4.98 Å². The highest BCUT2D eigenvalue weighted by atomic mass is 16.5. The summed E-state index contributed by atoms with van der Waals surface area (Å²) in [4.78, 5) is 38.4. The highest BCUT2D eigenvalue weighted by Gasteiger charge is 2.27. The number of hydrogen-bond acceptors (Lipinski definition) is 7. The van der Waals surface area contributed by atoms with Crippen LogP contribution in [-0.4, -0.2) is 41.1 Å². The molecule has 0 saturated carbocycles. The topological polar surface area (TPSA) is 97.4 Å². The van der Waals surface area contributed by atoms with Gasteiger partial charge in [0.25, 0.3) is 0 Å². The second-order valence-corrected chi connectivity index (χ2v) is 6.34. The van der Waals surface area contributed by atoms with Gasteiger partial charge in [0, 0.05) is 29.8 Å². The molecule has 0 spiro atoms. The Balaban J connectivity index is 1.82. The lowest BCUT2D eigenvalue weighted by Crippen LogP contribution is -2.26. The molecule has 0 radical (unpaired) electrons. The third-order valence-corrected chi connectivity index (χ3v) is 4.57. The van der Waals surface area contributed by atoms with Crippen molar-refractivity contribution in [2.45, 2.75) is 0 Å². The van der Waals surface area contributed by atoms with Crippen molar-refractivity contribution in [1.82, 2.24) is 15.0 Å². The second kappa shape index (κ2) is 8.04. The van der Waals surface area contributed by atoms with Gasteiger partial charge in [-0.25, -0.2) is 14.6 Å². The molecular weight excluding hydrogens is 384 g/mol. The molecular formula is C22H18N4O4. The predicted molar refractivity (Wildman–Crippen MR) is 111 cm³/mol. The van der Waals surface area contributed by atoms with Gasteiger partial charge in [-0.15, -0.1) is 0 Å². The van der Waals surface area contributed by atoms with E-state index in [1.807, 2.05) is 30.3 Å². The number of nitrogens with zero attached hydrogens (tertiary/aromatic N) is 3. The van der Waals surface area contributed by atoms with Crippen molar-refractivity contribution < 1.29 is 19.1 Å². The van der Waals surface area contributed by atoms with Crippen LogP contribution < -0.4 is 4.90 Å². The Morgan fingerprint density at radius 2 is 1.90 bits per heavy atom. The molecule has 8 nitrogen and oxygen atoms in total. The van der Waals surface area contributed by atoms with Crippen LogP contribution in [0.2, 0.25) is 0 Å². The lowest BCUT2D eigenvalue weighted by molar-refractivity contribution is -0.139. The number of H-pyrrole nitrogens is 1. The number of methoxy groups -OCH3 is 2. The molecule has 3 heterocycles. The minimum Gasteiger partial charge on any atom is -0.465 e. The number of fused-ring (bicyclic) bond motifs is 1. The van der Waals surface area contributed by atoms with Crippen molar-refractivity contribution in [2.24, 2.45) is 0 Å². The molecule has 0 amide bonds. The molecule has 1 aliphatic heterocycles. The highest BCUT2D eigenvalue weighted by Crippen LogP contribution is 2.29. The first kappa shape index (κ1) is 19.1. The molecule has 1 aromatic carbocycles. The minimum absolute atomic E-state index is 0.0562. The number of nitrogens with one attached hydrogen (secondary N) is 1. The molecule has 0 aliphatic carbocycles. The molecule has 0 fully saturated rings. The van der Waals surface area contributed by atoms with Crippen LogP contribution in [0.25, 0.3) is 22.4 Å². The van der Waals surface area contributed by atoms with Crippen LogP contribution >= 0.6 is 0 Å². The van der Waals surface area contributed by atoms with Crippen molar-refractivity contribution in [3.05, 3.63) is 78.4 Å². The second-order valence-electron chi connectivity index (χ2n) is 6.34. The number of hydrogen-bond donors (Lipinski definition) is 1. The van der Waals surface area contributed by atoms with E-state index < -0.39 is 11.9 Å². The van der Waals surface area contributed by atoms with Crippen molar-refractivity contribution >= 4 is 28.7 Å². The van der Waals surface area contributed by atoms with Crippen molar-refractivity contribution in [1.29, 1.82) is 0 Å². The van der Waals surface area contributed by atoms with Gasteiger partial charge in [0.1, 0.15) is 11.5 Å². The van der Waals surface area contributed by atoms with Gasteiger partial charge >= 0.3 is 11.9 Å². The predicted octanol–water partition coefficient (Wildman–Crippen LogP) is 3.11. The van der Waals surface area contributed by atoms with Gasteiger partial charge in [0.05, 0.1) is 30.8 Å². The molecule has 4 rings (SSSR count). The molecule has 150 valence electrons. The molecule has 0 unspecified atom stereocenters. The van der Waals surface area contributed by atoms with Crippen LogP contribution in [0, 0.1) is 0 Å². The normalized spacial score (nSPS) is 13.5. The van der Waals surface area contributed by atoms with Crippen molar-refractivity contribution in [2.75, 3.05) is 19.1 Å². The minimum atomic E-state index is -0.660. The number of ether oxygens (including phenoxy) is 2. The fourth-order valence-electron chi connectivity index (χ4n) is 3.15. The molecule has 1 aliphatic rings. The molecule has 0 saturated heterocycles. The number of imidazole rings is 1. The first-order valence-corrected chi connectivity index (χ1v) is 9.07. The smallest absolute Gasteiger partial charge is 0.355 e. The zero-order valence-corrected chi connectivity index (χ0v) is 16.3. The van der Waals surface area contributed by atoms with E-state index in [4.69, 9.17) is 9.47 Å². The number of aromatic nitrogens is 3. The number of allylic oxidation sites excluding steroid dienone is 2. The van der Waals surface area contributed by atoms with E-state index in [-0.39, 0.29) is 11.3 Å². The summed E-state index contributed by atoms with van der Waals surface area (Å²) in [5.74, 6) is -0.614. The van der Waals surface area contributed by atoms with Crippen LogP contribution in [0.3, 0.4) is 0 Å². The number of rotatable bonds is 4. The third-order valence-electron chi connectivity index (χ3n) is 4.57. The number of carbonyl (C=O) groups is 2. The van der Waals surface area contributed by atoms with Crippen LogP contribution in [0.5, 0.6) is 0 Å². The number of aromatic amines is 1. The summed E-state index contributed by atoms with van der Waals surface area (Å²) in [6.07, 6.45) is 10.00. The summed E-state index contributed by atoms with van der Waals surface area (Å²) in [7, 11) is 2.52. The van der Waals surface area contributed by atoms with Crippen LogP contribution in [0.1, 0.15) is 0 Å². The average Bonchev–Trinajstić information content (AvgIpc) is 3.09. The van der Waals surface area contributed by atoms with E-state index >= 15 is 0 Å². The fraction of sp³-hybridized carbons (Fsp3) is 0.0909. The summed E-state index contributed by atoms with van der Waals surface area (Å²) in [5, 5.41) is 0. The van der Waals surface area contributed by atoms with E-state index in [1.54, 1.807) is 35.6 Å². The van der Waals surface area contributed by atoms with E-state index in [2.05, 4.69) is 15.0 Å².